The normalized spacial score (nSPS) is 22.2. The number of benzene rings is 8. The average Bonchev–Trinajstić information content (AvgIpc) is 1.31. The lowest BCUT2D eigenvalue weighted by atomic mass is 9.74. The largest absolute Gasteiger partial charge is 0.507 e. The number of phenols is 8. The zero-order valence-electron chi connectivity index (χ0n) is 62.8. The summed E-state index contributed by atoms with van der Waals surface area (Å²) in [7, 11) is 0. The Labute approximate surface area is 608 Å². The Hall–Kier alpha value is -9.44. The fraction of sp³-hybridized carbons (Fsp3) is 0.455. The smallest absolute Gasteiger partial charge is 0.241 e. The van der Waals surface area contributed by atoms with Gasteiger partial charge >= 0.3 is 0 Å². The second-order valence-corrected chi connectivity index (χ2v) is 31.7. The molecule has 0 atom stereocenters. The summed E-state index contributed by atoms with van der Waals surface area (Å²) >= 11 is 0. The highest BCUT2D eigenvalue weighted by Crippen LogP contribution is 2.62. The minimum absolute atomic E-state index is 0.121. The standard InChI is InChI=1S/C88H96O16/c1-33-41(9)81-65-49-25-29-61(97-81)98-82-42(10)35(3)75(91)55(66(49)82)19-20-56-69-51-27-31-63(101-85(69)45(13)37(5)76(56)92)102-86-46(14)39(7)79(95)59(70(51)86)23-24-60-72-52-28-32-64(104-88(72)48(16)40(8)80(60)96)103-87-47(15)38(6)78(94)58(71(52)87)22-21-57-68-50-26-30-62(100-84(68)44(12)36(4)77(57)93)99-83-43(11)34(2)74(90)54(67(50)83)18-17-53(65)73(33)89/h49-52,61-64,89-96H,17-32H2,1-16H3. The first-order valence-corrected chi connectivity index (χ1v) is 37.7. The van der Waals surface area contributed by atoms with Crippen molar-refractivity contribution in [1.82, 2.24) is 0 Å². The molecule has 0 spiro atoms. The maximum atomic E-state index is 13.1. The van der Waals surface area contributed by atoms with Crippen LogP contribution in [0, 0.1) is 111 Å². The first-order chi connectivity index (χ1) is 49.6. The van der Waals surface area contributed by atoms with Crippen molar-refractivity contribution in [1.29, 1.82) is 0 Å². The van der Waals surface area contributed by atoms with Crippen LogP contribution in [0.15, 0.2) is 0 Å². The molecule has 0 saturated carbocycles. The van der Waals surface area contributed by atoms with Gasteiger partial charge in [-0.1, -0.05) is 0 Å². The molecule has 0 fully saturated rings. The summed E-state index contributed by atoms with van der Waals surface area (Å²) in [5.74, 6) is 3.94. The lowest BCUT2D eigenvalue weighted by Crippen LogP contribution is -2.26. The van der Waals surface area contributed by atoms with Crippen molar-refractivity contribution in [3.05, 3.63) is 178 Å². The molecular formula is C88H96O16. The number of hydrogen-bond donors (Lipinski definition) is 8. The van der Waals surface area contributed by atoms with E-state index in [1.165, 1.54) is 0 Å². The Bertz CT molecular complexity index is 4230. The Morgan fingerprint density at radius 1 is 0.173 bits per heavy atom. The lowest BCUT2D eigenvalue weighted by molar-refractivity contribution is 0.00213. The number of hydrogen-bond acceptors (Lipinski definition) is 16. The van der Waals surface area contributed by atoms with Crippen molar-refractivity contribution in [2.24, 2.45) is 0 Å². The predicted molar refractivity (Wildman–Crippen MR) is 395 cm³/mol. The number of fused-ring (bicyclic) bond motifs is 8. The summed E-state index contributed by atoms with van der Waals surface area (Å²) in [4.78, 5) is 0. The van der Waals surface area contributed by atoms with E-state index in [2.05, 4.69) is 0 Å². The van der Waals surface area contributed by atoms with Crippen molar-refractivity contribution in [2.75, 3.05) is 0 Å². The first kappa shape index (κ1) is 67.7. The van der Waals surface area contributed by atoms with E-state index in [0.29, 0.717) is 186 Å². The minimum Gasteiger partial charge on any atom is -0.507 e. The molecule has 8 N–H and O–H groups in total. The van der Waals surface area contributed by atoms with Crippen LogP contribution in [0.3, 0.4) is 0 Å². The Morgan fingerprint density at radius 3 is 0.404 bits per heavy atom. The molecule has 0 amide bonds. The number of phenolic OH excluding ortho intramolecular Hbond substituents is 8. The third kappa shape index (κ3) is 9.45. The highest BCUT2D eigenvalue weighted by Gasteiger charge is 2.48. The Kier molecular flexibility index (Phi) is 15.7. The summed E-state index contributed by atoms with van der Waals surface area (Å²) in [5.41, 5.74) is 23.0. The Morgan fingerprint density at radius 2 is 0.288 bits per heavy atom. The SMILES string of the molecule is Cc1c(C)c2c3c(c1O)CCc1c(O)c(C)c(C)c4c1C1CCC(O4)Oc4c(C)c(C)c(O)c(c41)CCc1c(O)c(C)c(C)c4c1C1CCC(O4)Oc4c(C)c(C)c(O)c(c41)CCc1c(O)c(C)c(C)c4c1C1CCC(Oc5c(C)c(C)c(O)c(c51)CCc1c(O)c(C)c(C)c5c1C3CCC(O2)O5)O4. The Balaban J connectivity index is 0.940. The summed E-state index contributed by atoms with van der Waals surface area (Å²) in [6, 6.07) is 0. The highest BCUT2D eigenvalue weighted by atomic mass is 16.7. The molecule has 8 aliphatic heterocycles. The molecule has 104 heavy (non-hydrogen) atoms. The summed E-state index contributed by atoms with van der Waals surface area (Å²) in [5, 5.41) is 105. The van der Waals surface area contributed by atoms with Gasteiger partial charge in [0.1, 0.15) is 92.0 Å². The quantitative estimate of drug-likeness (QED) is 0.0705. The monoisotopic (exact) mass is 1410 g/mol. The molecule has 0 aromatic heterocycles. The second-order valence-electron chi connectivity index (χ2n) is 31.7. The van der Waals surface area contributed by atoms with E-state index in [1.807, 2.05) is 111 Å². The van der Waals surface area contributed by atoms with Crippen LogP contribution < -0.4 is 37.9 Å². The van der Waals surface area contributed by atoms with E-state index in [4.69, 9.17) is 37.9 Å². The maximum absolute atomic E-state index is 13.1. The summed E-state index contributed by atoms with van der Waals surface area (Å²) in [6.07, 6.45) is 3.20. The molecule has 0 unspecified atom stereocenters. The van der Waals surface area contributed by atoms with Crippen LogP contribution in [-0.4, -0.2) is 66.0 Å². The van der Waals surface area contributed by atoms with Gasteiger partial charge in [0.2, 0.25) is 25.2 Å². The van der Waals surface area contributed by atoms with Crippen LogP contribution in [0.25, 0.3) is 0 Å². The van der Waals surface area contributed by atoms with Crippen molar-refractivity contribution >= 4 is 0 Å². The molecule has 8 bridgehead atoms. The van der Waals surface area contributed by atoms with Crippen LogP contribution in [0.2, 0.25) is 0 Å². The number of aromatic hydroxyl groups is 8. The number of ether oxygens (including phenoxy) is 8. The molecule has 8 heterocycles. The van der Waals surface area contributed by atoms with Crippen molar-refractivity contribution in [2.45, 2.75) is 262 Å². The highest BCUT2D eigenvalue weighted by molar-refractivity contribution is 5.74. The van der Waals surface area contributed by atoms with Gasteiger partial charge in [-0.25, -0.2) is 0 Å². The third-order valence-electron chi connectivity index (χ3n) is 27.0. The molecule has 16 heteroatoms. The molecular weight excluding hydrogens is 1310 g/mol. The molecule has 9 aliphatic rings. The van der Waals surface area contributed by atoms with E-state index >= 15 is 0 Å². The zero-order chi connectivity index (χ0) is 73.3. The summed E-state index contributed by atoms with van der Waals surface area (Å²) < 4.78 is 56.9. The first-order valence-electron chi connectivity index (χ1n) is 37.7. The third-order valence-corrected chi connectivity index (χ3v) is 27.0. The topological polar surface area (TPSA) is 236 Å². The van der Waals surface area contributed by atoms with Gasteiger partial charge < -0.3 is 78.7 Å². The zero-order valence-corrected chi connectivity index (χ0v) is 62.8. The second kappa shape index (κ2) is 24.1. The van der Waals surface area contributed by atoms with E-state index in [-0.39, 0.29) is 97.4 Å². The molecule has 8 aromatic rings. The van der Waals surface area contributed by atoms with Gasteiger partial charge in [-0.2, -0.15) is 0 Å². The van der Waals surface area contributed by atoms with E-state index in [0.717, 1.165) is 89.0 Å². The molecule has 17 rings (SSSR count). The van der Waals surface area contributed by atoms with Gasteiger partial charge in [-0.05, 0) is 277 Å². The van der Waals surface area contributed by atoms with Crippen LogP contribution in [0.5, 0.6) is 92.0 Å². The minimum atomic E-state index is -0.722. The van der Waals surface area contributed by atoms with E-state index in [9.17, 15) is 40.9 Å². The molecule has 0 radical (unpaired) electrons. The van der Waals surface area contributed by atoms with Gasteiger partial charge in [0.15, 0.2) is 0 Å². The van der Waals surface area contributed by atoms with Crippen LogP contribution in [-0.2, 0) is 51.4 Å². The van der Waals surface area contributed by atoms with Crippen molar-refractivity contribution in [3.8, 4) is 92.0 Å². The van der Waals surface area contributed by atoms with Crippen molar-refractivity contribution in [3.63, 3.8) is 0 Å². The maximum Gasteiger partial charge on any atom is 0.241 e. The molecule has 544 valence electrons. The lowest BCUT2D eigenvalue weighted by Gasteiger charge is -2.34. The van der Waals surface area contributed by atoms with Crippen LogP contribution in [0.1, 0.15) is 253 Å². The molecule has 1 aliphatic carbocycles. The number of rotatable bonds is 0. The van der Waals surface area contributed by atoms with E-state index in [1.54, 1.807) is 0 Å². The molecule has 0 saturated heterocycles. The molecule has 8 aromatic carbocycles. The van der Waals surface area contributed by atoms with Crippen LogP contribution in [0.4, 0.5) is 0 Å². The van der Waals surface area contributed by atoms with E-state index < -0.39 is 48.8 Å². The van der Waals surface area contributed by atoms with Crippen LogP contribution >= 0.6 is 0 Å². The van der Waals surface area contributed by atoms with Gasteiger partial charge in [0.25, 0.3) is 0 Å². The summed E-state index contributed by atoms with van der Waals surface area (Å²) in [6.45, 7) is 31.1. The average molecular weight is 1410 g/mol. The molecule has 16 nitrogen and oxygen atoms in total. The fourth-order valence-electron chi connectivity index (χ4n) is 20.1. The van der Waals surface area contributed by atoms with Gasteiger partial charge in [-0.3, -0.25) is 0 Å². The van der Waals surface area contributed by atoms with Crippen molar-refractivity contribution < 1.29 is 78.7 Å². The van der Waals surface area contributed by atoms with Gasteiger partial charge in [0.05, 0.1) is 0 Å². The van der Waals surface area contributed by atoms with Gasteiger partial charge in [-0.15, -0.1) is 0 Å². The predicted octanol–water partition coefficient (Wildman–Crippen LogP) is 17.8. The van der Waals surface area contributed by atoms with Gasteiger partial charge in [0, 0.05) is 138 Å². The fourth-order valence-corrected chi connectivity index (χ4v) is 20.1.